The minimum atomic E-state index is -1.10. The van der Waals surface area contributed by atoms with E-state index in [0.717, 1.165) is 11.8 Å². The Bertz CT molecular complexity index is 690. The fourth-order valence-corrected chi connectivity index (χ4v) is 2.23. The van der Waals surface area contributed by atoms with Crippen LogP contribution < -0.4 is 5.32 Å². The third kappa shape index (κ3) is 3.92. The highest BCUT2D eigenvalue weighted by Crippen LogP contribution is 2.23. The first-order chi connectivity index (χ1) is 9.97. The van der Waals surface area contributed by atoms with Crippen LogP contribution in [0, 0.1) is 0 Å². The second kappa shape index (κ2) is 6.55. The van der Waals surface area contributed by atoms with Crippen LogP contribution in [0.5, 0.6) is 0 Å². The first-order valence-electron chi connectivity index (χ1n) is 5.65. The Morgan fingerprint density at radius 1 is 1.48 bits per heavy atom. The molecule has 2 rings (SSSR count). The molecule has 2 N–H and O–H groups in total. The van der Waals surface area contributed by atoms with Gasteiger partial charge in [0.2, 0.25) is 11.1 Å². The van der Waals surface area contributed by atoms with Crippen molar-refractivity contribution in [3.63, 3.8) is 0 Å². The molecule has 2 aromatic rings. The number of halogens is 1. The number of nitrogens with one attached hydrogen (secondary N) is 1. The molecule has 8 nitrogen and oxygen atoms in total. The molecule has 0 unspecified atom stereocenters. The number of benzene rings is 1. The van der Waals surface area contributed by atoms with E-state index >= 15 is 0 Å². The number of tetrazole rings is 1. The van der Waals surface area contributed by atoms with Gasteiger partial charge in [0.1, 0.15) is 0 Å². The summed E-state index contributed by atoms with van der Waals surface area (Å²) < 4.78 is 1.44. The minimum Gasteiger partial charge on any atom is -0.478 e. The normalized spacial score (nSPS) is 10.4. The molecular formula is C11H10ClN5O3S. The molecule has 0 radical (unpaired) electrons. The maximum atomic E-state index is 11.8. The van der Waals surface area contributed by atoms with E-state index in [2.05, 4.69) is 20.8 Å². The van der Waals surface area contributed by atoms with E-state index in [4.69, 9.17) is 16.7 Å². The van der Waals surface area contributed by atoms with Crippen LogP contribution in [0.1, 0.15) is 10.4 Å². The third-order valence-electron chi connectivity index (χ3n) is 2.40. The molecule has 0 saturated heterocycles. The monoisotopic (exact) mass is 327 g/mol. The fourth-order valence-electron chi connectivity index (χ4n) is 1.41. The van der Waals surface area contributed by atoms with Crippen molar-refractivity contribution in [1.29, 1.82) is 0 Å². The van der Waals surface area contributed by atoms with Crippen molar-refractivity contribution in [2.75, 3.05) is 11.1 Å². The molecule has 0 spiro atoms. The van der Waals surface area contributed by atoms with Gasteiger partial charge in [-0.25, -0.2) is 9.48 Å². The number of hydrogen-bond donors (Lipinski definition) is 2. The van der Waals surface area contributed by atoms with Crippen LogP contribution >= 0.6 is 23.4 Å². The number of rotatable bonds is 5. The Morgan fingerprint density at radius 2 is 2.24 bits per heavy atom. The predicted octanol–water partition coefficient (Wildman–Crippen LogP) is 1.29. The summed E-state index contributed by atoms with van der Waals surface area (Å²) in [4.78, 5) is 22.7. The highest BCUT2D eigenvalue weighted by Gasteiger charge is 2.12. The van der Waals surface area contributed by atoms with Crippen LogP contribution in [-0.2, 0) is 11.8 Å². The number of hydrogen-bond acceptors (Lipinski definition) is 6. The SMILES string of the molecule is Cn1nnnc1SCC(=O)Nc1cc(C(=O)O)ccc1Cl. The van der Waals surface area contributed by atoms with Crippen LogP contribution in [-0.4, -0.2) is 42.9 Å². The number of amides is 1. The van der Waals surface area contributed by atoms with E-state index in [0.29, 0.717) is 5.16 Å². The molecule has 0 saturated carbocycles. The minimum absolute atomic E-state index is 0.0415. The maximum Gasteiger partial charge on any atom is 0.335 e. The number of carbonyl (C=O) groups excluding carboxylic acids is 1. The van der Waals surface area contributed by atoms with Gasteiger partial charge in [0, 0.05) is 7.05 Å². The predicted molar refractivity (Wildman–Crippen MR) is 76.6 cm³/mol. The maximum absolute atomic E-state index is 11.8. The van der Waals surface area contributed by atoms with E-state index in [1.54, 1.807) is 7.05 Å². The average molecular weight is 328 g/mol. The lowest BCUT2D eigenvalue weighted by atomic mass is 10.2. The quantitative estimate of drug-likeness (QED) is 0.796. The zero-order valence-electron chi connectivity index (χ0n) is 10.8. The van der Waals surface area contributed by atoms with E-state index < -0.39 is 5.97 Å². The summed E-state index contributed by atoms with van der Waals surface area (Å²) in [5.74, 6) is -1.36. The molecule has 1 amide bonds. The first-order valence-corrected chi connectivity index (χ1v) is 7.01. The van der Waals surface area contributed by atoms with Crippen LogP contribution in [0.4, 0.5) is 5.69 Å². The highest BCUT2D eigenvalue weighted by molar-refractivity contribution is 7.99. The van der Waals surface area contributed by atoms with E-state index in [1.165, 1.54) is 22.9 Å². The van der Waals surface area contributed by atoms with Gasteiger partial charge in [-0.15, -0.1) is 5.10 Å². The Morgan fingerprint density at radius 3 is 2.86 bits per heavy atom. The van der Waals surface area contributed by atoms with Crippen LogP contribution in [0.3, 0.4) is 0 Å². The zero-order valence-corrected chi connectivity index (χ0v) is 12.4. The molecule has 1 aromatic heterocycles. The number of aromatic carboxylic acids is 1. The number of thioether (sulfide) groups is 1. The van der Waals surface area contributed by atoms with Crippen molar-refractivity contribution in [3.05, 3.63) is 28.8 Å². The molecule has 1 heterocycles. The molecular weight excluding hydrogens is 318 g/mol. The number of carboxylic acid groups (broad SMARTS) is 1. The van der Waals surface area contributed by atoms with Gasteiger partial charge >= 0.3 is 5.97 Å². The Hall–Kier alpha value is -2.13. The molecule has 0 aliphatic rings. The van der Waals surface area contributed by atoms with E-state index in [1.807, 2.05) is 0 Å². The van der Waals surface area contributed by atoms with Gasteiger partial charge in [-0.1, -0.05) is 23.4 Å². The van der Waals surface area contributed by atoms with E-state index in [9.17, 15) is 9.59 Å². The smallest absolute Gasteiger partial charge is 0.335 e. The molecule has 21 heavy (non-hydrogen) atoms. The summed E-state index contributed by atoms with van der Waals surface area (Å²) in [7, 11) is 1.66. The summed E-state index contributed by atoms with van der Waals surface area (Å²) in [5.41, 5.74) is 0.290. The van der Waals surface area contributed by atoms with Crippen molar-refractivity contribution in [1.82, 2.24) is 20.2 Å². The van der Waals surface area contributed by atoms with Gasteiger partial charge in [0.15, 0.2) is 0 Å². The lowest BCUT2D eigenvalue weighted by molar-refractivity contribution is -0.113. The average Bonchev–Trinajstić information content (AvgIpc) is 2.84. The third-order valence-corrected chi connectivity index (χ3v) is 3.74. The van der Waals surface area contributed by atoms with Gasteiger partial charge in [-0.05, 0) is 28.6 Å². The molecule has 0 bridgehead atoms. The van der Waals surface area contributed by atoms with Crippen molar-refractivity contribution in [2.24, 2.45) is 7.05 Å². The summed E-state index contributed by atoms with van der Waals surface area (Å²) in [5, 5.41) is 23.0. The lowest BCUT2D eigenvalue weighted by Crippen LogP contribution is -2.15. The van der Waals surface area contributed by atoms with Crippen molar-refractivity contribution >= 4 is 40.9 Å². The number of nitrogens with zero attached hydrogens (tertiary/aromatic N) is 4. The van der Waals surface area contributed by atoms with Crippen molar-refractivity contribution in [2.45, 2.75) is 5.16 Å². The molecule has 0 aliphatic heterocycles. The van der Waals surface area contributed by atoms with Gasteiger partial charge in [0.25, 0.3) is 0 Å². The zero-order chi connectivity index (χ0) is 15.4. The Labute approximate surface area is 128 Å². The highest BCUT2D eigenvalue weighted by atomic mass is 35.5. The molecule has 0 aliphatic carbocycles. The Kier molecular flexibility index (Phi) is 4.76. The van der Waals surface area contributed by atoms with E-state index in [-0.39, 0.29) is 27.9 Å². The molecule has 0 atom stereocenters. The van der Waals surface area contributed by atoms with Gasteiger partial charge in [-0.3, -0.25) is 4.79 Å². The van der Waals surface area contributed by atoms with Crippen molar-refractivity contribution in [3.8, 4) is 0 Å². The van der Waals surface area contributed by atoms with Crippen molar-refractivity contribution < 1.29 is 14.7 Å². The van der Waals surface area contributed by atoms with Gasteiger partial charge in [0.05, 0.1) is 22.0 Å². The summed E-state index contributed by atoms with van der Waals surface area (Å²) in [6, 6.07) is 4.08. The molecule has 10 heteroatoms. The lowest BCUT2D eigenvalue weighted by Gasteiger charge is -2.07. The first kappa shape index (κ1) is 15.3. The number of anilines is 1. The fraction of sp³-hybridized carbons (Fsp3) is 0.182. The van der Waals surface area contributed by atoms with Gasteiger partial charge in [-0.2, -0.15) is 0 Å². The summed E-state index contributed by atoms with van der Waals surface area (Å²) in [6.45, 7) is 0. The van der Waals surface area contributed by atoms with Crippen LogP contribution in [0.2, 0.25) is 5.02 Å². The number of carbonyl (C=O) groups is 2. The summed E-state index contributed by atoms with van der Waals surface area (Å²) in [6.07, 6.45) is 0. The molecule has 0 fully saturated rings. The largest absolute Gasteiger partial charge is 0.478 e. The number of aryl methyl sites for hydroxylation is 1. The topological polar surface area (TPSA) is 110 Å². The summed E-state index contributed by atoms with van der Waals surface area (Å²) >= 11 is 7.07. The second-order valence-corrected chi connectivity index (χ2v) is 5.27. The van der Waals surface area contributed by atoms with Gasteiger partial charge < -0.3 is 10.4 Å². The number of carboxylic acids is 1. The second-order valence-electron chi connectivity index (χ2n) is 3.92. The Balaban J connectivity index is 2.01. The van der Waals surface area contributed by atoms with Crippen LogP contribution in [0.15, 0.2) is 23.4 Å². The molecule has 110 valence electrons. The molecule has 1 aromatic carbocycles. The standard InChI is InChI=1S/C11H10ClN5O3S/c1-17-11(14-15-16-17)21-5-9(18)13-8-4-6(10(19)20)2-3-7(8)12/h2-4H,5H2,1H3,(H,13,18)(H,19,20). The van der Waals surface area contributed by atoms with Crippen LogP contribution in [0.25, 0.3) is 0 Å². The number of aromatic nitrogens is 4.